The van der Waals surface area contributed by atoms with Crippen molar-refractivity contribution in [1.29, 1.82) is 0 Å². The number of amides is 2. The van der Waals surface area contributed by atoms with Crippen LogP contribution in [0.15, 0.2) is 9.68 Å². The molecule has 0 unspecified atom stereocenters. The molecule has 25 heavy (non-hydrogen) atoms. The molecule has 1 N–H and O–H groups in total. The number of oxime groups is 1. The number of aryl methyl sites for hydroxylation is 2. The van der Waals surface area contributed by atoms with Gasteiger partial charge in [0, 0.05) is 25.9 Å². The molecule has 4 rings (SSSR count). The van der Waals surface area contributed by atoms with Crippen molar-refractivity contribution in [2.75, 3.05) is 19.6 Å². The Morgan fingerprint density at radius 1 is 1.36 bits per heavy atom. The van der Waals surface area contributed by atoms with Gasteiger partial charge in [-0.05, 0) is 32.6 Å². The van der Waals surface area contributed by atoms with Crippen molar-refractivity contribution in [2.45, 2.75) is 45.1 Å². The summed E-state index contributed by atoms with van der Waals surface area (Å²) in [4.78, 5) is 32.3. The van der Waals surface area contributed by atoms with Crippen LogP contribution >= 0.6 is 0 Å². The number of likely N-dealkylation sites (tertiary alicyclic amines) is 1. The van der Waals surface area contributed by atoms with Gasteiger partial charge < -0.3 is 19.6 Å². The van der Waals surface area contributed by atoms with Crippen LogP contribution in [0.25, 0.3) is 0 Å². The Kier molecular flexibility index (Phi) is 3.77. The van der Waals surface area contributed by atoms with Crippen LogP contribution in [-0.2, 0) is 9.63 Å². The van der Waals surface area contributed by atoms with E-state index < -0.39 is 5.60 Å². The van der Waals surface area contributed by atoms with Crippen molar-refractivity contribution >= 4 is 17.5 Å². The van der Waals surface area contributed by atoms with E-state index >= 15 is 0 Å². The Morgan fingerprint density at radius 3 is 2.84 bits per heavy atom. The molecule has 0 aromatic carbocycles. The first-order valence-electron chi connectivity index (χ1n) is 8.73. The smallest absolute Gasteiger partial charge is 0.269 e. The molecule has 1 atom stereocenters. The standard InChI is InChI=1S/C17H22N4O4/c1-10-14(11(2)24-19-10)16(23)21-6-5-17(9-21)7-13(20-25-17)15(22)18-8-12-3-4-12/h12H,3-9H2,1-2H3,(H,18,22)/t17-/m0/s1. The molecular formula is C17H22N4O4. The average Bonchev–Trinajstić information content (AvgIpc) is 3.03. The fraction of sp³-hybridized carbons (Fsp3) is 0.647. The summed E-state index contributed by atoms with van der Waals surface area (Å²) in [5, 5.41) is 10.8. The highest BCUT2D eigenvalue weighted by Gasteiger charge is 2.48. The molecule has 1 spiro atoms. The van der Waals surface area contributed by atoms with E-state index in [4.69, 9.17) is 9.36 Å². The van der Waals surface area contributed by atoms with Crippen molar-refractivity contribution in [3.63, 3.8) is 0 Å². The summed E-state index contributed by atoms with van der Waals surface area (Å²) in [6, 6.07) is 0. The van der Waals surface area contributed by atoms with Gasteiger partial charge in [-0.1, -0.05) is 10.3 Å². The monoisotopic (exact) mass is 346 g/mol. The van der Waals surface area contributed by atoms with Gasteiger partial charge in [0.15, 0.2) is 5.60 Å². The van der Waals surface area contributed by atoms with E-state index in [-0.39, 0.29) is 11.8 Å². The van der Waals surface area contributed by atoms with Crippen molar-refractivity contribution in [3.05, 3.63) is 17.0 Å². The number of hydrogen-bond acceptors (Lipinski definition) is 6. The molecule has 1 aromatic heterocycles. The van der Waals surface area contributed by atoms with Crippen LogP contribution in [0.3, 0.4) is 0 Å². The Hall–Kier alpha value is -2.38. The van der Waals surface area contributed by atoms with Gasteiger partial charge in [0.1, 0.15) is 17.0 Å². The third kappa shape index (κ3) is 3.01. The maximum Gasteiger partial charge on any atom is 0.269 e. The van der Waals surface area contributed by atoms with Crippen molar-refractivity contribution in [1.82, 2.24) is 15.4 Å². The number of nitrogens with one attached hydrogen (secondary N) is 1. The molecule has 1 aromatic rings. The fourth-order valence-corrected chi connectivity index (χ4v) is 3.49. The van der Waals surface area contributed by atoms with Gasteiger partial charge in [-0.2, -0.15) is 0 Å². The highest BCUT2D eigenvalue weighted by Crippen LogP contribution is 2.35. The second-order valence-corrected chi connectivity index (χ2v) is 7.32. The van der Waals surface area contributed by atoms with Gasteiger partial charge >= 0.3 is 0 Å². The molecule has 134 valence electrons. The highest BCUT2D eigenvalue weighted by molar-refractivity contribution is 6.39. The molecule has 8 heteroatoms. The molecule has 1 saturated heterocycles. The highest BCUT2D eigenvalue weighted by atomic mass is 16.7. The number of nitrogens with zero attached hydrogens (tertiary/aromatic N) is 3. The van der Waals surface area contributed by atoms with Crippen LogP contribution in [0.4, 0.5) is 0 Å². The van der Waals surface area contributed by atoms with Crippen LogP contribution in [0.2, 0.25) is 0 Å². The van der Waals surface area contributed by atoms with Gasteiger partial charge in [0.25, 0.3) is 11.8 Å². The van der Waals surface area contributed by atoms with Crippen molar-refractivity contribution in [3.8, 4) is 0 Å². The molecule has 1 aliphatic carbocycles. The lowest BCUT2D eigenvalue weighted by molar-refractivity contribution is -0.115. The maximum atomic E-state index is 12.7. The van der Waals surface area contributed by atoms with E-state index in [1.54, 1.807) is 18.7 Å². The number of rotatable bonds is 4. The second kappa shape index (κ2) is 5.86. The van der Waals surface area contributed by atoms with Gasteiger partial charge in [0.05, 0.1) is 12.2 Å². The molecule has 2 aliphatic heterocycles. The molecule has 3 heterocycles. The lowest BCUT2D eigenvalue weighted by Crippen LogP contribution is -2.39. The van der Waals surface area contributed by atoms with Crippen molar-refractivity contribution in [2.24, 2.45) is 11.1 Å². The van der Waals surface area contributed by atoms with Crippen LogP contribution in [0.5, 0.6) is 0 Å². The first kappa shape index (κ1) is 16.1. The van der Waals surface area contributed by atoms with Crippen LogP contribution in [0, 0.1) is 19.8 Å². The third-order valence-electron chi connectivity index (χ3n) is 5.20. The molecule has 1 saturated carbocycles. The summed E-state index contributed by atoms with van der Waals surface area (Å²) in [5.74, 6) is 0.880. The molecule has 0 radical (unpaired) electrons. The van der Waals surface area contributed by atoms with Gasteiger partial charge in [0.2, 0.25) is 0 Å². The van der Waals surface area contributed by atoms with Crippen LogP contribution in [0.1, 0.15) is 47.5 Å². The summed E-state index contributed by atoms with van der Waals surface area (Å²) in [6.07, 6.45) is 3.47. The van der Waals surface area contributed by atoms with Crippen LogP contribution < -0.4 is 5.32 Å². The zero-order valence-electron chi connectivity index (χ0n) is 14.5. The summed E-state index contributed by atoms with van der Waals surface area (Å²) < 4.78 is 5.09. The summed E-state index contributed by atoms with van der Waals surface area (Å²) >= 11 is 0. The van der Waals surface area contributed by atoms with E-state index in [1.165, 1.54) is 12.8 Å². The Bertz CT molecular complexity index is 732. The minimum Gasteiger partial charge on any atom is -0.386 e. The summed E-state index contributed by atoms with van der Waals surface area (Å²) in [7, 11) is 0. The predicted molar refractivity (Wildman–Crippen MR) is 88.1 cm³/mol. The Morgan fingerprint density at radius 2 is 2.16 bits per heavy atom. The minimum absolute atomic E-state index is 0.108. The maximum absolute atomic E-state index is 12.7. The van der Waals surface area contributed by atoms with Gasteiger partial charge in [-0.15, -0.1) is 0 Å². The van der Waals surface area contributed by atoms with E-state index in [9.17, 15) is 9.59 Å². The molecular weight excluding hydrogens is 324 g/mol. The molecule has 2 fully saturated rings. The number of hydrogen-bond donors (Lipinski definition) is 1. The van der Waals surface area contributed by atoms with Gasteiger partial charge in [-0.25, -0.2) is 0 Å². The first-order chi connectivity index (χ1) is 12.0. The second-order valence-electron chi connectivity index (χ2n) is 7.32. The van der Waals surface area contributed by atoms with E-state index in [0.29, 0.717) is 61.1 Å². The molecule has 2 amide bonds. The predicted octanol–water partition coefficient (Wildman–Crippen LogP) is 1.18. The quantitative estimate of drug-likeness (QED) is 0.883. The Labute approximate surface area is 145 Å². The average molecular weight is 346 g/mol. The lowest BCUT2D eigenvalue weighted by Gasteiger charge is -2.21. The van der Waals surface area contributed by atoms with Gasteiger partial charge in [-0.3, -0.25) is 9.59 Å². The number of aromatic nitrogens is 1. The molecule has 0 bridgehead atoms. The lowest BCUT2D eigenvalue weighted by atomic mass is 9.96. The molecule has 3 aliphatic rings. The number of carbonyl (C=O) groups is 2. The Balaban J connectivity index is 1.37. The fourth-order valence-electron chi connectivity index (χ4n) is 3.49. The zero-order chi connectivity index (χ0) is 17.6. The van der Waals surface area contributed by atoms with E-state index in [0.717, 1.165) is 0 Å². The SMILES string of the molecule is Cc1noc(C)c1C(=O)N1CC[C@]2(CC(C(=O)NCC3CC3)=NO2)C1. The zero-order valence-corrected chi connectivity index (χ0v) is 14.5. The number of carbonyl (C=O) groups excluding carboxylic acids is 2. The van der Waals surface area contributed by atoms with E-state index in [2.05, 4.69) is 15.6 Å². The third-order valence-corrected chi connectivity index (χ3v) is 5.20. The summed E-state index contributed by atoms with van der Waals surface area (Å²) in [5.41, 5.74) is 0.943. The van der Waals surface area contributed by atoms with E-state index in [1.807, 2.05) is 0 Å². The first-order valence-corrected chi connectivity index (χ1v) is 8.73. The normalized spacial score (nSPS) is 25.2. The van der Waals surface area contributed by atoms with Crippen molar-refractivity contribution < 1.29 is 18.9 Å². The summed E-state index contributed by atoms with van der Waals surface area (Å²) in [6.45, 7) is 5.18. The van der Waals surface area contributed by atoms with Crippen LogP contribution in [-0.4, -0.2) is 52.8 Å². The minimum atomic E-state index is -0.582. The molecule has 8 nitrogen and oxygen atoms in total. The largest absolute Gasteiger partial charge is 0.386 e. The topological polar surface area (TPSA) is 97.0 Å².